The standard InChI is InChI=1S/C38H51O9P/c1-26-22-28(3)35(30(5)33(26)24-46-20-18-44-16-14-42-7)37(39)48(41,32-12-10-9-11-13-32)38(40)36-29(4)23-27(2)34(31(36)6)25-47-21-19-45-17-15-43-8/h9-13,22-23H,14-21,24-25H2,1-8H3. The van der Waals surface area contributed by atoms with E-state index in [1.165, 1.54) is 0 Å². The van der Waals surface area contributed by atoms with Gasteiger partial charge in [-0.2, -0.15) is 0 Å². The molecule has 0 heterocycles. The average molecular weight is 683 g/mol. The predicted molar refractivity (Wildman–Crippen MR) is 188 cm³/mol. The fourth-order valence-electron chi connectivity index (χ4n) is 5.91. The fourth-order valence-corrected chi connectivity index (χ4v) is 8.47. The first-order valence-corrected chi connectivity index (χ1v) is 17.9. The van der Waals surface area contributed by atoms with Crippen molar-refractivity contribution < 1.29 is 42.6 Å². The van der Waals surface area contributed by atoms with Crippen LogP contribution in [0.5, 0.6) is 0 Å². The zero-order valence-corrected chi connectivity index (χ0v) is 30.6. The number of carbonyl (C=O) groups excluding carboxylic acids is 2. The molecule has 262 valence electrons. The summed E-state index contributed by atoms with van der Waals surface area (Å²) in [6.45, 7) is 15.2. The Hall–Kier alpha value is -3.01. The second-order valence-corrected chi connectivity index (χ2v) is 14.4. The Morgan fingerprint density at radius 1 is 0.542 bits per heavy atom. The third-order valence-corrected chi connectivity index (χ3v) is 11.1. The Labute approximate surface area is 285 Å². The van der Waals surface area contributed by atoms with E-state index in [0.29, 0.717) is 75.1 Å². The van der Waals surface area contributed by atoms with Crippen LogP contribution in [0, 0.1) is 41.5 Å². The molecule has 0 aliphatic rings. The van der Waals surface area contributed by atoms with E-state index in [1.807, 2.05) is 53.7 Å². The Bertz CT molecular complexity index is 1490. The van der Waals surface area contributed by atoms with Gasteiger partial charge in [0.15, 0.2) is 0 Å². The summed E-state index contributed by atoms with van der Waals surface area (Å²) < 4.78 is 48.2. The van der Waals surface area contributed by atoms with Gasteiger partial charge >= 0.3 is 0 Å². The number of benzene rings is 3. The number of carbonyl (C=O) groups is 2. The maximum absolute atomic E-state index is 15.4. The van der Waals surface area contributed by atoms with E-state index in [0.717, 1.165) is 22.3 Å². The van der Waals surface area contributed by atoms with Crippen molar-refractivity contribution in [1.82, 2.24) is 0 Å². The van der Waals surface area contributed by atoms with Gasteiger partial charge in [-0.05, 0) is 86.1 Å². The van der Waals surface area contributed by atoms with E-state index >= 15 is 4.57 Å². The lowest BCUT2D eigenvalue weighted by atomic mass is 9.94. The lowest BCUT2D eigenvalue weighted by molar-refractivity contribution is 0.0197. The topological polar surface area (TPSA) is 107 Å². The largest absolute Gasteiger partial charge is 0.382 e. The zero-order valence-electron chi connectivity index (χ0n) is 29.7. The number of rotatable bonds is 21. The first kappa shape index (κ1) is 39.4. The van der Waals surface area contributed by atoms with E-state index in [1.54, 1.807) is 44.6 Å². The number of methoxy groups -OCH3 is 2. The Balaban J connectivity index is 2.01. The summed E-state index contributed by atoms with van der Waals surface area (Å²) in [5.41, 5.74) is 5.37. The van der Waals surface area contributed by atoms with E-state index in [9.17, 15) is 9.59 Å². The smallest absolute Gasteiger partial charge is 0.248 e. The molecule has 0 saturated heterocycles. The van der Waals surface area contributed by atoms with Gasteiger partial charge in [0.1, 0.15) is 0 Å². The summed E-state index contributed by atoms with van der Waals surface area (Å²) in [6.07, 6.45) is 0. The second-order valence-electron chi connectivity index (χ2n) is 11.8. The Morgan fingerprint density at radius 3 is 1.31 bits per heavy atom. The highest BCUT2D eigenvalue weighted by molar-refractivity contribution is 8.01. The van der Waals surface area contributed by atoms with Gasteiger partial charge < -0.3 is 33.0 Å². The van der Waals surface area contributed by atoms with Crippen LogP contribution >= 0.6 is 7.14 Å². The van der Waals surface area contributed by atoms with Gasteiger partial charge in [-0.3, -0.25) is 9.59 Å². The van der Waals surface area contributed by atoms with E-state index in [-0.39, 0.29) is 29.6 Å². The summed E-state index contributed by atoms with van der Waals surface area (Å²) in [4.78, 5) is 29.5. The molecule has 0 atom stereocenters. The maximum atomic E-state index is 15.4. The average Bonchev–Trinajstić information content (AvgIpc) is 3.06. The van der Waals surface area contributed by atoms with Crippen molar-refractivity contribution in [2.45, 2.75) is 54.8 Å². The molecule has 0 aromatic heterocycles. The number of hydrogen-bond donors (Lipinski definition) is 0. The maximum Gasteiger partial charge on any atom is 0.248 e. The first-order chi connectivity index (χ1) is 23.0. The SMILES string of the molecule is COCCOCCOCc1c(C)cc(C)c(C(=O)P(=O)(C(=O)c2c(C)cc(C)c(COCCOCCOC)c2C)c2ccccc2)c1C. The van der Waals surface area contributed by atoms with Gasteiger partial charge in [-0.15, -0.1) is 0 Å². The molecule has 3 rings (SSSR count). The molecule has 0 fully saturated rings. The summed E-state index contributed by atoms with van der Waals surface area (Å²) in [5, 5.41) is 0.204. The molecule has 0 aliphatic heterocycles. The molecule has 3 aromatic rings. The molecule has 0 unspecified atom stereocenters. The van der Waals surface area contributed by atoms with Crippen LogP contribution in [0.1, 0.15) is 65.2 Å². The number of hydrogen-bond acceptors (Lipinski definition) is 9. The van der Waals surface area contributed by atoms with Crippen molar-refractivity contribution in [3.8, 4) is 0 Å². The molecule has 0 radical (unpaired) electrons. The highest BCUT2D eigenvalue weighted by atomic mass is 31.2. The zero-order chi connectivity index (χ0) is 35.3. The lowest BCUT2D eigenvalue weighted by Gasteiger charge is -2.24. The van der Waals surface area contributed by atoms with Crippen LogP contribution < -0.4 is 5.30 Å². The summed E-state index contributed by atoms with van der Waals surface area (Å²) >= 11 is 0. The molecule has 9 nitrogen and oxygen atoms in total. The van der Waals surface area contributed by atoms with Crippen LogP contribution in [0.4, 0.5) is 0 Å². The highest BCUT2D eigenvalue weighted by Crippen LogP contribution is 2.53. The molecule has 0 aliphatic carbocycles. The van der Waals surface area contributed by atoms with Gasteiger partial charge in [-0.1, -0.05) is 42.5 Å². The van der Waals surface area contributed by atoms with Crippen molar-refractivity contribution in [2.75, 3.05) is 67.1 Å². The fraction of sp³-hybridized carbons (Fsp3) is 0.474. The molecular formula is C38H51O9P. The van der Waals surface area contributed by atoms with Crippen LogP contribution in [0.25, 0.3) is 0 Å². The first-order valence-electron chi connectivity index (χ1n) is 16.2. The van der Waals surface area contributed by atoms with Gasteiger partial charge in [-0.25, -0.2) is 0 Å². The molecule has 10 heteroatoms. The van der Waals surface area contributed by atoms with Crippen LogP contribution in [-0.4, -0.2) is 78.1 Å². The summed E-state index contributed by atoms with van der Waals surface area (Å²) in [6, 6.07) is 12.2. The van der Waals surface area contributed by atoms with Crippen LogP contribution in [-0.2, 0) is 46.2 Å². The highest BCUT2D eigenvalue weighted by Gasteiger charge is 2.45. The van der Waals surface area contributed by atoms with E-state index < -0.39 is 18.2 Å². The van der Waals surface area contributed by atoms with Crippen molar-refractivity contribution in [1.29, 1.82) is 0 Å². The molecule has 0 N–H and O–H groups in total. The van der Waals surface area contributed by atoms with Crippen molar-refractivity contribution >= 4 is 23.5 Å². The van der Waals surface area contributed by atoms with E-state index in [4.69, 9.17) is 28.4 Å². The van der Waals surface area contributed by atoms with Crippen LogP contribution in [0.2, 0.25) is 0 Å². The van der Waals surface area contributed by atoms with Gasteiger partial charge in [0.2, 0.25) is 18.2 Å². The van der Waals surface area contributed by atoms with Crippen LogP contribution in [0.15, 0.2) is 42.5 Å². The van der Waals surface area contributed by atoms with Gasteiger partial charge in [0.05, 0.1) is 66.1 Å². The number of ether oxygens (including phenoxy) is 6. The third-order valence-electron chi connectivity index (χ3n) is 8.48. The minimum Gasteiger partial charge on any atom is -0.382 e. The molecular weight excluding hydrogens is 631 g/mol. The van der Waals surface area contributed by atoms with E-state index in [2.05, 4.69) is 0 Å². The monoisotopic (exact) mass is 682 g/mol. The molecule has 0 bridgehead atoms. The summed E-state index contributed by atoms with van der Waals surface area (Å²) in [7, 11) is -1.16. The Kier molecular flexibility index (Phi) is 15.8. The molecule has 3 aromatic carbocycles. The molecule has 48 heavy (non-hydrogen) atoms. The van der Waals surface area contributed by atoms with Gasteiger partial charge in [0.25, 0.3) is 0 Å². The molecule has 0 spiro atoms. The molecule has 0 saturated carbocycles. The van der Waals surface area contributed by atoms with Crippen molar-refractivity contribution in [3.63, 3.8) is 0 Å². The molecule has 0 amide bonds. The lowest BCUT2D eigenvalue weighted by Crippen LogP contribution is -2.24. The number of aryl methyl sites for hydroxylation is 4. The Morgan fingerprint density at radius 2 is 0.917 bits per heavy atom. The normalized spacial score (nSPS) is 11.7. The van der Waals surface area contributed by atoms with Gasteiger partial charge in [0, 0.05) is 30.7 Å². The van der Waals surface area contributed by atoms with Crippen LogP contribution in [0.3, 0.4) is 0 Å². The van der Waals surface area contributed by atoms with Crippen molar-refractivity contribution in [3.05, 3.63) is 98.1 Å². The predicted octanol–water partition coefficient (Wildman–Crippen LogP) is 6.57. The minimum absolute atomic E-state index is 0.204. The van der Waals surface area contributed by atoms with Crippen molar-refractivity contribution in [2.24, 2.45) is 0 Å². The second kappa shape index (κ2) is 19.2. The quantitative estimate of drug-likeness (QED) is 0.0912. The minimum atomic E-state index is -4.39. The summed E-state index contributed by atoms with van der Waals surface area (Å²) in [5.74, 6) is 0. The third kappa shape index (κ3) is 9.57.